The summed E-state index contributed by atoms with van der Waals surface area (Å²) in [6.07, 6.45) is -0.491. The fourth-order valence-corrected chi connectivity index (χ4v) is 4.51. The molecule has 1 aliphatic carbocycles. The number of aliphatic imine (C=N–C) groups is 1. The molecule has 0 amide bonds. The molecule has 0 fully saturated rings. The van der Waals surface area contributed by atoms with E-state index in [-0.39, 0.29) is 24.0 Å². The lowest BCUT2D eigenvalue weighted by Crippen LogP contribution is -2.29. The number of benzene rings is 1. The number of oxazole rings is 1. The van der Waals surface area contributed by atoms with Crippen LogP contribution in [0.4, 0.5) is 13.2 Å². The Balaban J connectivity index is 2.00. The van der Waals surface area contributed by atoms with Gasteiger partial charge in [0.25, 0.3) is 0 Å². The van der Waals surface area contributed by atoms with Gasteiger partial charge in [0.05, 0.1) is 6.04 Å². The van der Waals surface area contributed by atoms with Crippen LogP contribution in [0, 0.1) is 5.41 Å². The molecule has 1 N–H and O–H groups in total. The number of hydrogen-bond donors (Lipinski definition) is 1. The minimum Gasteiger partial charge on any atom is -0.493 e. The summed E-state index contributed by atoms with van der Waals surface area (Å²) in [4.78, 5) is 18.5. The van der Waals surface area contributed by atoms with Crippen LogP contribution in [0.3, 0.4) is 0 Å². The van der Waals surface area contributed by atoms with Gasteiger partial charge >= 0.3 is 6.18 Å². The van der Waals surface area contributed by atoms with Crippen LogP contribution in [0.25, 0.3) is 0 Å². The number of aryl methyl sites for hydroxylation is 2. The van der Waals surface area contributed by atoms with Crippen LogP contribution in [0.15, 0.2) is 39.6 Å². The molecule has 0 spiro atoms. The van der Waals surface area contributed by atoms with Crippen LogP contribution in [-0.4, -0.2) is 31.2 Å². The molecule has 0 saturated carbocycles. The number of fused-ring (bicyclic) bond motifs is 1. The molecule has 1 aliphatic rings. The Morgan fingerprint density at radius 1 is 1.37 bits per heavy atom. The number of aldehydes is 1. The van der Waals surface area contributed by atoms with Crippen molar-refractivity contribution in [3.8, 4) is 0 Å². The summed E-state index contributed by atoms with van der Waals surface area (Å²) in [5.41, 5.74) is 2.34. The largest absolute Gasteiger partial charge is 0.493 e. The summed E-state index contributed by atoms with van der Waals surface area (Å²) >= 11 is 0. The molecule has 1 heterocycles. The molecule has 3 rings (SSSR count). The molecular weight excluding hydrogens is 459 g/mol. The van der Waals surface area contributed by atoms with E-state index < -0.39 is 11.9 Å². The molecule has 0 aliphatic heterocycles. The maximum absolute atomic E-state index is 13.0. The Hall–Kier alpha value is -2.94. The number of nitrogens with zero attached hydrogens (tertiary/aromatic N) is 2. The van der Waals surface area contributed by atoms with E-state index >= 15 is 0 Å². The van der Waals surface area contributed by atoms with Crippen LogP contribution >= 0.6 is 0 Å². The summed E-state index contributed by atoms with van der Waals surface area (Å²) in [7, 11) is 1.81. The summed E-state index contributed by atoms with van der Waals surface area (Å²) in [5, 5.41) is 3.23. The highest BCUT2D eigenvalue weighted by atomic mass is 19.4. The number of halogens is 3. The maximum atomic E-state index is 13.0. The Morgan fingerprint density at radius 2 is 2.11 bits per heavy atom. The monoisotopic (exact) mass is 491 g/mol. The topological polar surface area (TPSA) is 76.7 Å². The first-order valence-electron chi connectivity index (χ1n) is 11.6. The van der Waals surface area contributed by atoms with Crippen molar-refractivity contribution in [2.45, 2.75) is 71.2 Å². The standard InChI is InChI=1S/C26H32F3N3O3/c1-25(2,3)23(31-5)24-32-20(14-34-15-21(30-4)26(27,28)29)22(35-24)18-11-10-17-9-8-16(7-6-12-33)13-19(17)18/h8-9,12-13,15,18,23,31H,4,6-7,10-11,14H2,1-3,5H3/b21-15-/t18-,23+/m0/s1. The first kappa shape index (κ1) is 26.7. The lowest BCUT2D eigenvalue weighted by molar-refractivity contribution is -0.107. The van der Waals surface area contributed by atoms with Gasteiger partial charge in [-0.05, 0) is 55.1 Å². The van der Waals surface area contributed by atoms with Crippen LogP contribution in [0.1, 0.15) is 79.6 Å². The van der Waals surface area contributed by atoms with E-state index in [1.54, 1.807) is 0 Å². The summed E-state index contributed by atoms with van der Waals surface area (Å²) in [5.74, 6) is 0.937. The van der Waals surface area contributed by atoms with E-state index in [2.05, 4.69) is 34.1 Å². The molecule has 1 aromatic carbocycles. The molecule has 2 atom stereocenters. The highest BCUT2D eigenvalue weighted by molar-refractivity contribution is 5.51. The molecular formula is C26H32F3N3O3. The van der Waals surface area contributed by atoms with Crippen molar-refractivity contribution in [3.63, 3.8) is 0 Å². The third-order valence-electron chi connectivity index (χ3n) is 6.18. The molecule has 35 heavy (non-hydrogen) atoms. The van der Waals surface area contributed by atoms with Crippen molar-refractivity contribution >= 4 is 13.0 Å². The number of alkyl halides is 3. The smallest absolute Gasteiger partial charge is 0.436 e. The predicted octanol–water partition coefficient (Wildman–Crippen LogP) is 5.81. The Morgan fingerprint density at radius 3 is 2.71 bits per heavy atom. The summed E-state index contributed by atoms with van der Waals surface area (Å²) < 4.78 is 50.6. The fourth-order valence-electron chi connectivity index (χ4n) is 4.51. The molecule has 6 nitrogen and oxygen atoms in total. The van der Waals surface area contributed by atoms with Crippen molar-refractivity contribution in [2.75, 3.05) is 7.05 Å². The van der Waals surface area contributed by atoms with E-state index in [9.17, 15) is 18.0 Å². The van der Waals surface area contributed by atoms with Crippen molar-refractivity contribution in [3.05, 3.63) is 64.2 Å². The SMILES string of the molecule is C=N/C(=C\OCc1nc([C@@H](NC)C(C)(C)C)oc1[C@H]1CCc2ccc(CCC=O)cc21)C(F)(F)F. The van der Waals surface area contributed by atoms with Gasteiger partial charge in [-0.25, -0.2) is 4.98 Å². The minimum atomic E-state index is -4.66. The molecule has 1 aromatic heterocycles. The van der Waals surface area contributed by atoms with E-state index in [0.717, 1.165) is 30.3 Å². The van der Waals surface area contributed by atoms with E-state index in [1.165, 1.54) is 5.56 Å². The lowest BCUT2D eigenvalue weighted by Gasteiger charge is -2.27. The number of hydrogen-bond acceptors (Lipinski definition) is 6. The van der Waals surface area contributed by atoms with E-state index in [0.29, 0.717) is 36.4 Å². The highest BCUT2D eigenvalue weighted by Gasteiger charge is 2.36. The second-order valence-corrected chi connectivity index (χ2v) is 9.75. The zero-order valence-electron chi connectivity index (χ0n) is 20.5. The third kappa shape index (κ3) is 6.20. The number of rotatable bonds is 10. The van der Waals surface area contributed by atoms with Crippen molar-refractivity contribution in [1.82, 2.24) is 10.3 Å². The molecule has 0 bridgehead atoms. The normalized spacial score (nSPS) is 17.2. The number of carbonyl (C=O) groups is 1. The van der Waals surface area contributed by atoms with Crippen LogP contribution in [-0.2, 0) is 29.0 Å². The van der Waals surface area contributed by atoms with Crippen LogP contribution in [0.2, 0.25) is 0 Å². The predicted molar refractivity (Wildman–Crippen MR) is 127 cm³/mol. The maximum Gasteiger partial charge on any atom is 0.436 e. The van der Waals surface area contributed by atoms with Gasteiger partial charge in [-0.1, -0.05) is 39.0 Å². The van der Waals surface area contributed by atoms with Crippen molar-refractivity contribution in [1.29, 1.82) is 0 Å². The highest BCUT2D eigenvalue weighted by Crippen LogP contribution is 2.42. The Kier molecular flexibility index (Phi) is 8.20. The van der Waals surface area contributed by atoms with Gasteiger partial charge in [-0.2, -0.15) is 13.2 Å². The van der Waals surface area contributed by atoms with Gasteiger partial charge in [-0.15, -0.1) is 0 Å². The average molecular weight is 492 g/mol. The number of allylic oxidation sites excluding steroid dienone is 1. The summed E-state index contributed by atoms with van der Waals surface area (Å²) in [6, 6.07) is 5.98. The molecule has 0 radical (unpaired) electrons. The number of carbonyl (C=O) groups excluding carboxylic acids is 1. The fraction of sp³-hybridized carbons (Fsp3) is 0.500. The summed E-state index contributed by atoms with van der Waals surface area (Å²) in [6.45, 7) is 8.91. The Bertz CT molecular complexity index is 1080. The van der Waals surface area contributed by atoms with Crippen molar-refractivity contribution < 1.29 is 27.1 Å². The van der Waals surface area contributed by atoms with Gasteiger partial charge in [0.2, 0.25) is 5.89 Å². The van der Waals surface area contributed by atoms with E-state index in [1.807, 2.05) is 33.9 Å². The third-order valence-corrected chi connectivity index (χ3v) is 6.18. The average Bonchev–Trinajstić information content (AvgIpc) is 3.37. The van der Waals surface area contributed by atoms with Gasteiger partial charge in [0, 0.05) is 12.3 Å². The van der Waals surface area contributed by atoms with Gasteiger partial charge in [0.1, 0.15) is 30.6 Å². The second kappa shape index (κ2) is 10.8. The van der Waals surface area contributed by atoms with Crippen molar-refractivity contribution in [2.24, 2.45) is 10.4 Å². The van der Waals surface area contributed by atoms with Gasteiger partial charge < -0.3 is 19.3 Å². The van der Waals surface area contributed by atoms with Crippen LogP contribution < -0.4 is 5.32 Å². The first-order valence-corrected chi connectivity index (χ1v) is 11.6. The zero-order chi connectivity index (χ0) is 25.8. The van der Waals surface area contributed by atoms with E-state index in [4.69, 9.17) is 9.15 Å². The molecule has 9 heteroatoms. The first-order chi connectivity index (χ1) is 16.5. The minimum absolute atomic E-state index is 0.109. The quantitative estimate of drug-likeness (QED) is 0.258. The zero-order valence-corrected chi connectivity index (χ0v) is 20.5. The molecule has 0 unspecified atom stereocenters. The number of nitrogens with one attached hydrogen (secondary N) is 1. The molecule has 2 aromatic rings. The molecule has 0 saturated heterocycles. The van der Waals surface area contributed by atoms with Crippen LogP contribution in [0.5, 0.6) is 0 Å². The molecule has 190 valence electrons. The number of ether oxygens (including phenoxy) is 1. The Labute approximate surface area is 203 Å². The number of aromatic nitrogens is 1. The van der Waals surface area contributed by atoms with Gasteiger partial charge in [0.15, 0.2) is 5.70 Å². The second-order valence-electron chi connectivity index (χ2n) is 9.75. The lowest BCUT2D eigenvalue weighted by atomic mass is 9.87. The van der Waals surface area contributed by atoms with Gasteiger partial charge in [-0.3, -0.25) is 4.99 Å².